The van der Waals surface area contributed by atoms with E-state index in [-0.39, 0.29) is 10.7 Å². The number of carbonyl (C=O) groups excluding carboxylic acids is 1. The number of hydrogen-bond donors (Lipinski definition) is 2. The van der Waals surface area contributed by atoms with E-state index < -0.39 is 0 Å². The summed E-state index contributed by atoms with van der Waals surface area (Å²) in [6, 6.07) is 10.1. The molecule has 1 atom stereocenters. The molecule has 0 bridgehead atoms. The number of thioether (sulfide) groups is 1. The first kappa shape index (κ1) is 22.1. The van der Waals surface area contributed by atoms with Crippen LogP contribution >= 0.6 is 23.4 Å². The van der Waals surface area contributed by atoms with Crippen molar-refractivity contribution in [2.75, 3.05) is 18.4 Å². The fourth-order valence-electron chi connectivity index (χ4n) is 3.92. The predicted molar refractivity (Wildman–Crippen MR) is 128 cm³/mol. The highest BCUT2D eigenvalue weighted by atomic mass is 35.5. The third-order valence-electron chi connectivity index (χ3n) is 5.73. The molecule has 164 valence electrons. The summed E-state index contributed by atoms with van der Waals surface area (Å²) in [6.07, 6.45) is 6.38. The molecule has 2 aromatic heterocycles. The van der Waals surface area contributed by atoms with E-state index in [1.807, 2.05) is 36.7 Å². The highest BCUT2D eigenvalue weighted by molar-refractivity contribution is 8.09. The van der Waals surface area contributed by atoms with Crippen molar-refractivity contribution in [1.82, 2.24) is 20.2 Å². The maximum atomic E-state index is 11.1. The average molecular weight is 458 g/mol. The van der Waals surface area contributed by atoms with Crippen molar-refractivity contribution >= 4 is 45.1 Å². The Labute approximate surface area is 192 Å². The number of likely N-dealkylation sites (tertiary alicyclic amines) is 1. The number of rotatable bonds is 7. The molecule has 0 aromatic carbocycles. The van der Waals surface area contributed by atoms with Crippen molar-refractivity contribution in [1.29, 1.82) is 0 Å². The molecule has 1 fully saturated rings. The van der Waals surface area contributed by atoms with Gasteiger partial charge in [0.25, 0.3) is 0 Å². The van der Waals surface area contributed by atoms with Crippen LogP contribution in [0.15, 0.2) is 42.7 Å². The van der Waals surface area contributed by atoms with Crippen LogP contribution in [-0.4, -0.2) is 38.7 Å². The molecule has 1 unspecified atom stereocenters. The standard InChI is InChI=1S/C23H28ClN5OS/c1-15(2)17-6-9-25-22(13-17)28-21-5-3-4-18(27-21)19-14-26-23(31-19)29-10-7-16(8-11-29)12-20(24)30/h3-6,9,13-16,23,26H,7-8,10-12H2,1-2H3,(H,25,27,28). The van der Waals surface area contributed by atoms with Crippen molar-refractivity contribution in [2.45, 2.75) is 44.5 Å². The van der Waals surface area contributed by atoms with Crippen LogP contribution in [0.3, 0.4) is 0 Å². The zero-order chi connectivity index (χ0) is 21.8. The van der Waals surface area contributed by atoms with Gasteiger partial charge in [-0.2, -0.15) is 0 Å². The van der Waals surface area contributed by atoms with Crippen molar-refractivity contribution in [2.24, 2.45) is 5.92 Å². The van der Waals surface area contributed by atoms with Gasteiger partial charge in [-0.25, -0.2) is 9.97 Å². The van der Waals surface area contributed by atoms with Gasteiger partial charge in [-0.05, 0) is 66.1 Å². The molecule has 1 saturated heterocycles. The van der Waals surface area contributed by atoms with Gasteiger partial charge in [0.2, 0.25) is 5.24 Å². The van der Waals surface area contributed by atoms with Crippen molar-refractivity contribution < 1.29 is 4.79 Å². The predicted octanol–water partition coefficient (Wildman–Crippen LogP) is 5.13. The molecule has 2 aliphatic rings. The van der Waals surface area contributed by atoms with Crippen LogP contribution in [0.2, 0.25) is 0 Å². The number of anilines is 2. The topological polar surface area (TPSA) is 70.2 Å². The number of aromatic nitrogens is 2. The van der Waals surface area contributed by atoms with E-state index in [9.17, 15) is 4.79 Å². The van der Waals surface area contributed by atoms with Gasteiger partial charge in [-0.15, -0.1) is 0 Å². The second kappa shape index (κ2) is 10.0. The van der Waals surface area contributed by atoms with Crippen LogP contribution in [0.4, 0.5) is 11.6 Å². The molecule has 8 heteroatoms. The quantitative estimate of drug-likeness (QED) is 0.558. The van der Waals surface area contributed by atoms with E-state index in [4.69, 9.17) is 16.6 Å². The highest BCUT2D eigenvalue weighted by Gasteiger charge is 2.29. The largest absolute Gasteiger partial charge is 0.366 e. The number of hydrogen-bond acceptors (Lipinski definition) is 7. The molecular formula is C23H28ClN5OS. The summed E-state index contributed by atoms with van der Waals surface area (Å²) in [7, 11) is 0. The van der Waals surface area contributed by atoms with Crippen LogP contribution < -0.4 is 10.6 Å². The first-order chi connectivity index (χ1) is 15.0. The lowest BCUT2D eigenvalue weighted by molar-refractivity contribution is -0.112. The molecule has 2 N–H and O–H groups in total. The minimum absolute atomic E-state index is 0.199. The Balaban J connectivity index is 1.36. The maximum Gasteiger partial charge on any atom is 0.221 e. The van der Waals surface area contributed by atoms with Gasteiger partial charge in [0.1, 0.15) is 17.1 Å². The number of halogens is 1. The first-order valence-electron chi connectivity index (χ1n) is 10.7. The first-order valence-corrected chi connectivity index (χ1v) is 12.0. The third kappa shape index (κ3) is 5.79. The highest BCUT2D eigenvalue weighted by Crippen LogP contribution is 2.37. The lowest BCUT2D eigenvalue weighted by atomic mass is 9.94. The van der Waals surface area contributed by atoms with Gasteiger partial charge < -0.3 is 10.6 Å². The molecule has 2 aliphatic heterocycles. The Bertz CT molecular complexity index is 958. The van der Waals surface area contributed by atoms with Gasteiger partial charge in [-0.1, -0.05) is 31.7 Å². The van der Waals surface area contributed by atoms with Crippen LogP contribution in [0, 0.1) is 5.92 Å². The van der Waals surface area contributed by atoms with E-state index in [2.05, 4.69) is 40.4 Å². The number of pyridine rings is 2. The van der Waals surface area contributed by atoms with Gasteiger partial charge >= 0.3 is 0 Å². The molecule has 0 radical (unpaired) electrons. The minimum Gasteiger partial charge on any atom is -0.366 e. The molecular weight excluding hydrogens is 430 g/mol. The monoisotopic (exact) mass is 457 g/mol. The molecule has 6 nitrogen and oxygen atoms in total. The third-order valence-corrected chi connectivity index (χ3v) is 7.13. The van der Waals surface area contributed by atoms with Crippen LogP contribution in [0.5, 0.6) is 0 Å². The Hall–Kier alpha value is -2.09. The molecule has 4 rings (SSSR count). The molecule has 4 heterocycles. The zero-order valence-corrected chi connectivity index (χ0v) is 19.4. The van der Waals surface area contributed by atoms with Crippen LogP contribution in [0.25, 0.3) is 4.91 Å². The Morgan fingerprint density at radius 1 is 1.29 bits per heavy atom. The summed E-state index contributed by atoms with van der Waals surface area (Å²) in [4.78, 5) is 23.9. The molecule has 2 aromatic rings. The summed E-state index contributed by atoms with van der Waals surface area (Å²) in [6.45, 7) is 6.28. The molecule has 0 aliphatic carbocycles. The van der Waals surface area contributed by atoms with Crippen molar-refractivity contribution in [3.63, 3.8) is 0 Å². The average Bonchev–Trinajstić information content (AvgIpc) is 3.25. The molecule has 0 amide bonds. The van der Waals surface area contributed by atoms with Crippen LogP contribution in [0.1, 0.15) is 50.3 Å². The van der Waals surface area contributed by atoms with Crippen molar-refractivity contribution in [3.05, 3.63) is 54.0 Å². The summed E-state index contributed by atoms with van der Waals surface area (Å²) >= 11 is 7.34. The van der Waals surface area contributed by atoms with E-state index in [0.29, 0.717) is 18.3 Å². The normalized spacial score (nSPS) is 19.9. The van der Waals surface area contributed by atoms with Gasteiger partial charge in [0, 0.05) is 31.9 Å². The maximum absolute atomic E-state index is 11.1. The number of carbonyl (C=O) groups is 1. The number of piperidine rings is 1. The fourth-order valence-corrected chi connectivity index (χ4v) is 5.24. The van der Waals surface area contributed by atoms with E-state index >= 15 is 0 Å². The SMILES string of the molecule is CC(C)c1ccnc(Nc2cccc(C3=CNC(N4CCC(CC(=O)Cl)CC4)S3)n2)c1. The van der Waals surface area contributed by atoms with Crippen LogP contribution in [-0.2, 0) is 4.79 Å². The van der Waals surface area contributed by atoms with Crippen molar-refractivity contribution in [3.8, 4) is 0 Å². The minimum atomic E-state index is -0.221. The Morgan fingerprint density at radius 2 is 2.10 bits per heavy atom. The summed E-state index contributed by atoms with van der Waals surface area (Å²) in [5.41, 5.74) is 2.38. The zero-order valence-electron chi connectivity index (χ0n) is 17.8. The number of nitrogens with zero attached hydrogens (tertiary/aromatic N) is 3. The smallest absolute Gasteiger partial charge is 0.221 e. The second-order valence-corrected chi connectivity index (χ2v) is 9.89. The Morgan fingerprint density at radius 3 is 2.84 bits per heavy atom. The van der Waals surface area contributed by atoms with E-state index in [1.165, 1.54) is 5.56 Å². The summed E-state index contributed by atoms with van der Waals surface area (Å²) in [5.74, 6) is 2.44. The summed E-state index contributed by atoms with van der Waals surface area (Å²) < 4.78 is 0. The Kier molecular flexibility index (Phi) is 7.15. The summed E-state index contributed by atoms with van der Waals surface area (Å²) in [5, 5.41) is 6.59. The molecule has 0 spiro atoms. The lowest BCUT2D eigenvalue weighted by Crippen LogP contribution is -2.44. The fraction of sp³-hybridized carbons (Fsp3) is 0.435. The second-order valence-electron chi connectivity index (χ2n) is 8.35. The molecule has 31 heavy (non-hydrogen) atoms. The lowest BCUT2D eigenvalue weighted by Gasteiger charge is -2.35. The number of nitrogens with one attached hydrogen (secondary N) is 2. The van der Waals surface area contributed by atoms with Gasteiger partial charge in [0.05, 0.1) is 10.6 Å². The van der Waals surface area contributed by atoms with E-state index in [0.717, 1.165) is 48.2 Å². The van der Waals surface area contributed by atoms with E-state index in [1.54, 1.807) is 11.8 Å². The van der Waals surface area contributed by atoms with Gasteiger partial charge in [-0.3, -0.25) is 9.69 Å². The van der Waals surface area contributed by atoms with Gasteiger partial charge in [0.15, 0.2) is 0 Å². The molecule has 0 saturated carbocycles.